The van der Waals surface area contributed by atoms with Crippen molar-refractivity contribution >= 4 is 17.3 Å². The summed E-state index contributed by atoms with van der Waals surface area (Å²) >= 11 is 5.44. The maximum atomic E-state index is 10.8. The molecule has 2 nitrogen and oxygen atoms in total. The number of unbranched alkanes of at least 4 members (excludes halogenated alkanes) is 5. The van der Waals surface area contributed by atoms with Gasteiger partial charge in [0.1, 0.15) is 5.75 Å². The number of aromatic hydroxyl groups is 1. The van der Waals surface area contributed by atoms with E-state index in [0.29, 0.717) is 10.8 Å². The minimum Gasteiger partial charge on any atom is -0.507 e. The van der Waals surface area contributed by atoms with Crippen LogP contribution in [0.3, 0.4) is 0 Å². The Hall–Kier alpha value is -1.09. The van der Waals surface area contributed by atoms with Crippen LogP contribution in [0.25, 0.3) is 0 Å². The first-order valence-corrected chi connectivity index (χ1v) is 11.4. The molecule has 0 spiro atoms. The van der Waals surface area contributed by atoms with Gasteiger partial charge >= 0.3 is 0 Å². The van der Waals surface area contributed by atoms with E-state index in [2.05, 4.69) is 60.6 Å². The molecular formula is C25H42O2S. The van der Waals surface area contributed by atoms with Crippen LogP contribution in [-0.4, -0.2) is 16.8 Å². The Morgan fingerprint density at radius 3 is 1.89 bits per heavy atom. The lowest BCUT2D eigenvalue weighted by atomic mass is 9.78. The van der Waals surface area contributed by atoms with Crippen molar-refractivity contribution in [2.75, 3.05) is 6.61 Å². The number of phenols is 1. The van der Waals surface area contributed by atoms with Crippen molar-refractivity contribution in [2.24, 2.45) is 0 Å². The summed E-state index contributed by atoms with van der Waals surface area (Å²) in [6.07, 6.45) is 9.15. The Morgan fingerprint density at radius 1 is 0.893 bits per heavy atom. The fourth-order valence-corrected chi connectivity index (χ4v) is 3.55. The highest BCUT2D eigenvalue weighted by Crippen LogP contribution is 2.40. The Labute approximate surface area is 179 Å². The molecule has 0 saturated carbocycles. The molecule has 1 rings (SSSR count). The number of rotatable bonds is 10. The summed E-state index contributed by atoms with van der Waals surface area (Å²) in [5, 5.41) is 11.5. The van der Waals surface area contributed by atoms with Crippen LogP contribution in [0.5, 0.6) is 5.75 Å². The molecule has 0 bridgehead atoms. The average molecular weight is 407 g/mol. The van der Waals surface area contributed by atoms with E-state index in [-0.39, 0.29) is 10.8 Å². The van der Waals surface area contributed by atoms with Gasteiger partial charge in [0.2, 0.25) is 0 Å². The molecule has 0 aromatic heterocycles. The molecule has 0 radical (unpaired) electrons. The van der Waals surface area contributed by atoms with Gasteiger partial charge in [-0.2, -0.15) is 0 Å². The molecule has 0 fully saturated rings. The Balaban J connectivity index is 2.65. The highest BCUT2D eigenvalue weighted by atomic mass is 32.1. The average Bonchev–Trinajstić information content (AvgIpc) is 2.58. The molecule has 0 aliphatic heterocycles. The summed E-state index contributed by atoms with van der Waals surface area (Å²) in [6, 6.07) is 4.28. The second kappa shape index (κ2) is 11.2. The number of phenolic OH excluding ortho intramolecular Hbond substituents is 1. The molecule has 160 valence electrons. The first kappa shape index (κ1) is 24.9. The Kier molecular flexibility index (Phi) is 9.97. The standard InChI is InChI=1S/C25H42O2S/c1-8-9-10-11-12-13-16-27-22(28)15-14-19-17-20(24(2,3)4)23(26)21(18-19)25(5,6)7/h17-18,26H,8-16H2,1-7H3. The van der Waals surface area contributed by atoms with Crippen LogP contribution in [0.1, 0.15) is 110 Å². The summed E-state index contributed by atoms with van der Waals surface area (Å²) < 4.78 is 5.77. The van der Waals surface area contributed by atoms with Crippen molar-refractivity contribution < 1.29 is 9.84 Å². The quantitative estimate of drug-likeness (QED) is 0.320. The molecular weight excluding hydrogens is 364 g/mol. The van der Waals surface area contributed by atoms with Gasteiger partial charge in [0.05, 0.1) is 6.61 Å². The topological polar surface area (TPSA) is 29.5 Å². The van der Waals surface area contributed by atoms with E-state index in [1.807, 2.05) is 0 Å². The van der Waals surface area contributed by atoms with Crippen molar-refractivity contribution in [1.29, 1.82) is 0 Å². The molecule has 0 saturated heterocycles. The van der Waals surface area contributed by atoms with Crippen molar-refractivity contribution in [2.45, 2.75) is 111 Å². The molecule has 1 aromatic rings. The van der Waals surface area contributed by atoms with E-state index >= 15 is 0 Å². The minimum atomic E-state index is -0.102. The zero-order chi connectivity index (χ0) is 21.4. The van der Waals surface area contributed by atoms with E-state index in [4.69, 9.17) is 17.0 Å². The summed E-state index contributed by atoms with van der Waals surface area (Å²) in [4.78, 5) is 0. The number of benzene rings is 1. The van der Waals surface area contributed by atoms with Gasteiger partial charge in [-0.15, -0.1) is 0 Å². The third-order valence-corrected chi connectivity index (χ3v) is 5.49. The lowest BCUT2D eigenvalue weighted by Gasteiger charge is -2.28. The lowest BCUT2D eigenvalue weighted by molar-refractivity contribution is 0.292. The second-order valence-electron chi connectivity index (χ2n) is 10.0. The van der Waals surface area contributed by atoms with Crippen LogP contribution in [0.15, 0.2) is 12.1 Å². The highest BCUT2D eigenvalue weighted by molar-refractivity contribution is 7.80. The lowest BCUT2D eigenvalue weighted by Crippen LogP contribution is -2.18. The molecule has 1 N–H and O–H groups in total. The molecule has 28 heavy (non-hydrogen) atoms. The number of ether oxygens (including phenoxy) is 1. The van der Waals surface area contributed by atoms with Gasteiger partial charge in [-0.25, -0.2) is 0 Å². The molecule has 1 aromatic carbocycles. The molecule has 0 heterocycles. The Bertz CT molecular complexity index is 585. The molecule has 3 heteroatoms. The number of thiocarbonyl (C=S) groups is 1. The van der Waals surface area contributed by atoms with Crippen molar-refractivity contribution in [1.82, 2.24) is 0 Å². The maximum absolute atomic E-state index is 10.8. The first-order valence-electron chi connectivity index (χ1n) is 11.0. The SMILES string of the molecule is CCCCCCCCOC(=S)CCc1cc(C(C)(C)C)c(O)c(C(C)(C)C)c1. The summed E-state index contributed by atoms with van der Waals surface area (Å²) in [5.74, 6) is 0.436. The summed E-state index contributed by atoms with van der Waals surface area (Å²) in [7, 11) is 0. The van der Waals surface area contributed by atoms with Crippen LogP contribution < -0.4 is 0 Å². The third kappa shape index (κ3) is 8.51. The summed E-state index contributed by atoms with van der Waals surface area (Å²) in [6.45, 7) is 15.8. The fourth-order valence-electron chi connectivity index (χ4n) is 3.37. The normalized spacial score (nSPS) is 12.2. The second-order valence-corrected chi connectivity index (χ2v) is 10.5. The van der Waals surface area contributed by atoms with Crippen LogP contribution in [-0.2, 0) is 22.0 Å². The van der Waals surface area contributed by atoms with Crippen LogP contribution in [0, 0.1) is 0 Å². The van der Waals surface area contributed by atoms with Crippen LogP contribution in [0.4, 0.5) is 0 Å². The third-order valence-electron chi connectivity index (χ3n) is 5.16. The van der Waals surface area contributed by atoms with E-state index in [9.17, 15) is 5.11 Å². The zero-order valence-electron chi connectivity index (χ0n) is 19.3. The predicted octanol–water partition coefficient (Wildman–Crippen LogP) is 7.62. The van der Waals surface area contributed by atoms with Gasteiger partial charge in [0, 0.05) is 6.42 Å². The van der Waals surface area contributed by atoms with Gasteiger partial charge in [0.15, 0.2) is 5.05 Å². The first-order chi connectivity index (χ1) is 13.0. The number of hydrogen-bond acceptors (Lipinski definition) is 3. The predicted molar refractivity (Wildman–Crippen MR) is 126 cm³/mol. The van der Waals surface area contributed by atoms with E-state index in [1.54, 1.807) is 0 Å². The molecule has 0 atom stereocenters. The zero-order valence-corrected chi connectivity index (χ0v) is 20.1. The van der Waals surface area contributed by atoms with Gasteiger partial charge in [-0.05, 0) is 52.6 Å². The van der Waals surface area contributed by atoms with E-state index in [0.717, 1.165) is 37.0 Å². The van der Waals surface area contributed by atoms with Crippen molar-refractivity contribution in [3.05, 3.63) is 28.8 Å². The van der Waals surface area contributed by atoms with E-state index in [1.165, 1.54) is 37.7 Å². The van der Waals surface area contributed by atoms with Crippen LogP contribution in [0.2, 0.25) is 0 Å². The molecule has 0 aliphatic rings. The minimum absolute atomic E-state index is 0.102. The van der Waals surface area contributed by atoms with Crippen molar-refractivity contribution in [3.8, 4) is 5.75 Å². The van der Waals surface area contributed by atoms with Gasteiger partial charge in [-0.3, -0.25) is 0 Å². The molecule has 0 aliphatic carbocycles. The van der Waals surface area contributed by atoms with E-state index < -0.39 is 0 Å². The number of aryl methyl sites for hydroxylation is 1. The van der Waals surface area contributed by atoms with Crippen LogP contribution >= 0.6 is 12.2 Å². The highest BCUT2D eigenvalue weighted by Gasteiger charge is 2.26. The molecule has 0 amide bonds. The van der Waals surface area contributed by atoms with Gasteiger partial charge in [0.25, 0.3) is 0 Å². The maximum Gasteiger partial charge on any atom is 0.159 e. The smallest absolute Gasteiger partial charge is 0.159 e. The monoisotopic (exact) mass is 406 g/mol. The van der Waals surface area contributed by atoms with Gasteiger partial charge < -0.3 is 9.84 Å². The fraction of sp³-hybridized carbons (Fsp3) is 0.720. The molecule has 0 unspecified atom stereocenters. The number of hydrogen-bond donors (Lipinski definition) is 1. The van der Waals surface area contributed by atoms with Gasteiger partial charge in [-0.1, -0.05) is 92.7 Å². The summed E-state index contributed by atoms with van der Waals surface area (Å²) in [5.41, 5.74) is 3.03. The largest absolute Gasteiger partial charge is 0.507 e. The Morgan fingerprint density at radius 2 is 1.39 bits per heavy atom. The van der Waals surface area contributed by atoms with Crippen molar-refractivity contribution in [3.63, 3.8) is 0 Å².